The molecular formula is C17H13ClN2O4. The van der Waals surface area contributed by atoms with E-state index in [0.29, 0.717) is 22.2 Å². The zero-order valence-electron chi connectivity index (χ0n) is 12.5. The van der Waals surface area contributed by atoms with Crippen molar-refractivity contribution < 1.29 is 19.4 Å². The number of halogens is 1. The summed E-state index contributed by atoms with van der Waals surface area (Å²) in [4.78, 5) is 29.1. The van der Waals surface area contributed by atoms with E-state index in [2.05, 4.69) is 4.98 Å². The molecule has 1 N–H and O–H groups in total. The zero-order valence-corrected chi connectivity index (χ0v) is 13.2. The van der Waals surface area contributed by atoms with Gasteiger partial charge in [0, 0.05) is 23.8 Å². The Morgan fingerprint density at radius 3 is 2.88 bits per heavy atom. The second-order valence-corrected chi connectivity index (χ2v) is 5.51. The molecule has 0 fully saturated rings. The van der Waals surface area contributed by atoms with Crippen LogP contribution in [0.4, 0.5) is 5.69 Å². The van der Waals surface area contributed by atoms with E-state index >= 15 is 0 Å². The van der Waals surface area contributed by atoms with Crippen LogP contribution in [0.2, 0.25) is 5.02 Å². The zero-order chi connectivity index (χ0) is 17.1. The first-order chi connectivity index (χ1) is 11.5. The second kappa shape index (κ2) is 6.72. The summed E-state index contributed by atoms with van der Waals surface area (Å²) in [6.45, 7) is 0.0183. The van der Waals surface area contributed by atoms with E-state index in [4.69, 9.17) is 21.4 Å². The summed E-state index contributed by atoms with van der Waals surface area (Å²) in [7, 11) is 0. The number of carboxylic acids is 1. The highest BCUT2D eigenvalue weighted by atomic mass is 35.5. The van der Waals surface area contributed by atoms with Crippen LogP contribution in [0.3, 0.4) is 0 Å². The molecule has 1 aromatic heterocycles. The lowest BCUT2D eigenvalue weighted by Crippen LogP contribution is -2.38. The molecule has 2 heterocycles. The van der Waals surface area contributed by atoms with E-state index in [0.717, 1.165) is 0 Å². The minimum absolute atomic E-state index is 0.0183. The van der Waals surface area contributed by atoms with Crippen LogP contribution in [-0.2, 0) is 9.59 Å². The summed E-state index contributed by atoms with van der Waals surface area (Å²) in [6, 6.07) is 10.2. The first-order valence-corrected chi connectivity index (χ1v) is 7.56. The van der Waals surface area contributed by atoms with Gasteiger partial charge in [-0.3, -0.25) is 14.6 Å². The van der Waals surface area contributed by atoms with E-state index in [1.165, 1.54) is 11.0 Å². The Kier molecular flexibility index (Phi) is 4.48. The van der Waals surface area contributed by atoms with Gasteiger partial charge in [-0.1, -0.05) is 17.7 Å². The first kappa shape index (κ1) is 16.0. The minimum Gasteiger partial charge on any atom is -0.481 e. The average molecular weight is 345 g/mol. The number of ether oxygens (including phenoxy) is 1. The van der Waals surface area contributed by atoms with Crippen molar-refractivity contribution in [1.29, 1.82) is 0 Å². The lowest BCUT2D eigenvalue weighted by Gasteiger charge is -2.30. The molecule has 1 aromatic carbocycles. The molecular weight excluding hydrogens is 332 g/mol. The Morgan fingerprint density at radius 1 is 1.33 bits per heavy atom. The second-order valence-electron chi connectivity index (χ2n) is 5.08. The molecule has 0 spiro atoms. The van der Waals surface area contributed by atoms with Gasteiger partial charge in [-0.2, -0.15) is 0 Å². The number of nitrogens with zero attached hydrogens (tertiary/aromatic N) is 2. The number of amides is 1. The van der Waals surface area contributed by atoms with Gasteiger partial charge in [0.05, 0.1) is 17.8 Å². The molecule has 0 atom stereocenters. The summed E-state index contributed by atoms with van der Waals surface area (Å²) >= 11 is 5.98. The smallest absolute Gasteiger partial charge is 0.305 e. The summed E-state index contributed by atoms with van der Waals surface area (Å²) in [6.07, 6.45) is 2.94. The van der Waals surface area contributed by atoms with Crippen molar-refractivity contribution >= 4 is 35.2 Å². The molecule has 1 aliphatic heterocycles. The maximum atomic E-state index is 12.7. The Hall–Kier alpha value is -2.86. The normalized spacial score (nSPS) is 15.1. The lowest BCUT2D eigenvalue weighted by atomic mass is 10.2. The van der Waals surface area contributed by atoms with Crippen molar-refractivity contribution in [2.75, 3.05) is 11.4 Å². The third kappa shape index (κ3) is 3.38. The fourth-order valence-corrected chi connectivity index (χ4v) is 2.47. The molecule has 6 nitrogen and oxygen atoms in total. The number of fused-ring (bicyclic) bond motifs is 1. The van der Waals surface area contributed by atoms with Crippen molar-refractivity contribution in [2.45, 2.75) is 6.42 Å². The largest absolute Gasteiger partial charge is 0.481 e. The van der Waals surface area contributed by atoms with E-state index < -0.39 is 11.9 Å². The Labute approximate surface area is 142 Å². The van der Waals surface area contributed by atoms with Crippen molar-refractivity contribution in [3.63, 3.8) is 0 Å². The Morgan fingerprint density at radius 2 is 2.17 bits per heavy atom. The number of aromatic nitrogens is 1. The highest BCUT2D eigenvalue weighted by Gasteiger charge is 2.30. The monoisotopic (exact) mass is 344 g/mol. The molecule has 2 aromatic rings. The minimum atomic E-state index is -0.992. The van der Waals surface area contributed by atoms with Crippen LogP contribution in [0.15, 0.2) is 48.4 Å². The summed E-state index contributed by atoms with van der Waals surface area (Å²) in [5.41, 5.74) is 1.02. The van der Waals surface area contributed by atoms with Crippen LogP contribution in [0, 0.1) is 0 Å². The number of carbonyl (C=O) groups excluding carboxylic acids is 1. The van der Waals surface area contributed by atoms with Gasteiger partial charge in [0.1, 0.15) is 0 Å². The predicted octanol–water partition coefficient (Wildman–Crippen LogP) is 2.98. The molecule has 0 saturated carbocycles. The third-order valence-corrected chi connectivity index (χ3v) is 3.64. The number of aliphatic carboxylic acids is 1. The van der Waals surface area contributed by atoms with Gasteiger partial charge < -0.3 is 14.7 Å². The van der Waals surface area contributed by atoms with Crippen molar-refractivity contribution in [3.05, 3.63) is 59.1 Å². The van der Waals surface area contributed by atoms with E-state index in [9.17, 15) is 9.59 Å². The maximum absolute atomic E-state index is 12.7. The molecule has 1 aliphatic rings. The molecule has 0 saturated heterocycles. The van der Waals surface area contributed by atoms with Gasteiger partial charge in [-0.15, -0.1) is 0 Å². The fraction of sp³-hybridized carbons (Fsp3) is 0.118. The average Bonchev–Trinajstić information content (AvgIpc) is 2.56. The topological polar surface area (TPSA) is 79.7 Å². The van der Waals surface area contributed by atoms with Crippen molar-refractivity contribution in [3.8, 4) is 5.75 Å². The Balaban J connectivity index is 2.00. The van der Waals surface area contributed by atoms with Crippen LogP contribution in [0.1, 0.15) is 12.1 Å². The summed E-state index contributed by atoms with van der Waals surface area (Å²) < 4.78 is 5.66. The van der Waals surface area contributed by atoms with Crippen LogP contribution >= 0.6 is 11.6 Å². The van der Waals surface area contributed by atoms with Crippen molar-refractivity contribution in [2.24, 2.45) is 0 Å². The van der Waals surface area contributed by atoms with Crippen LogP contribution in [0.25, 0.3) is 6.08 Å². The quantitative estimate of drug-likeness (QED) is 0.862. The SMILES string of the molecule is O=C(O)CCN1C(=O)/C(=C\c2ccccn2)Oc2ccc(Cl)cc21. The van der Waals surface area contributed by atoms with Crippen LogP contribution < -0.4 is 9.64 Å². The first-order valence-electron chi connectivity index (χ1n) is 7.18. The van der Waals surface area contributed by atoms with E-state index in [-0.39, 0.29) is 18.7 Å². The van der Waals surface area contributed by atoms with Gasteiger partial charge in [0.25, 0.3) is 5.91 Å². The fourth-order valence-electron chi connectivity index (χ4n) is 2.31. The molecule has 1 amide bonds. The molecule has 0 bridgehead atoms. The Bertz CT molecular complexity index is 821. The lowest BCUT2D eigenvalue weighted by molar-refractivity contribution is -0.136. The number of hydrogen-bond acceptors (Lipinski definition) is 4. The summed E-state index contributed by atoms with van der Waals surface area (Å²) in [5.74, 6) is -0.912. The van der Waals surface area contributed by atoms with Gasteiger partial charge in [-0.25, -0.2) is 0 Å². The third-order valence-electron chi connectivity index (χ3n) is 3.40. The van der Waals surface area contributed by atoms with Crippen molar-refractivity contribution in [1.82, 2.24) is 4.98 Å². The number of pyridine rings is 1. The number of hydrogen-bond donors (Lipinski definition) is 1. The summed E-state index contributed by atoms with van der Waals surface area (Å²) in [5, 5.41) is 9.35. The maximum Gasteiger partial charge on any atom is 0.305 e. The van der Waals surface area contributed by atoms with Crippen LogP contribution in [0.5, 0.6) is 5.75 Å². The van der Waals surface area contributed by atoms with Gasteiger partial charge >= 0.3 is 5.97 Å². The predicted molar refractivity (Wildman–Crippen MR) is 88.9 cm³/mol. The number of anilines is 1. The van der Waals surface area contributed by atoms with Gasteiger partial charge in [0.2, 0.25) is 0 Å². The number of rotatable bonds is 4. The molecule has 0 radical (unpaired) electrons. The van der Waals surface area contributed by atoms with E-state index in [1.807, 2.05) is 0 Å². The van der Waals surface area contributed by atoms with Crippen LogP contribution in [-0.4, -0.2) is 28.5 Å². The highest BCUT2D eigenvalue weighted by Crippen LogP contribution is 2.37. The van der Waals surface area contributed by atoms with E-state index in [1.54, 1.807) is 42.6 Å². The molecule has 0 unspecified atom stereocenters. The number of carboxylic acid groups (broad SMARTS) is 1. The molecule has 0 aliphatic carbocycles. The molecule has 24 heavy (non-hydrogen) atoms. The number of benzene rings is 1. The molecule has 3 rings (SSSR count). The number of carbonyl (C=O) groups is 2. The molecule has 7 heteroatoms. The molecule has 122 valence electrons. The standard InChI is InChI=1S/C17H13ClN2O4/c18-11-4-5-14-13(9-11)20(8-6-16(21)22)17(23)15(24-14)10-12-3-1-2-7-19-12/h1-5,7,9-10H,6,8H2,(H,21,22)/b15-10+. The highest BCUT2D eigenvalue weighted by molar-refractivity contribution is 6.31. The van der Waals surface area contributed by atoms with Gasteiger partial charge in [-0.05, 0) is 30.3 Å². The van der Waals surface area contributed by atoms with Gasteiger partial charge in [0.15, 0.2) is 11.5 Å².